The van der Waals surface area contributed by atoms with Crippen molar-refractivity contribution in [2.75, 3.05) is 10.5 Å². The molecule has 1 heterocycles. The van der Waals surface area contributed by atoms with Crippen LogP contribution in [0.15, 0.2) is 35.4 Å². The van der Waals surface area contributed by atoms with Gasteiger partial charge in [-0.25, -0.2) is 8.42 Å². The van der Waals surface area contributed by atoms with Gasteiger partial charge in [0.1, 0.15) is 4.90 Å². The second kappa shape index (κ2) is 4.10. The van der Waals surface area contributed by atoms with E-state index in [1.165, 1.54) is 6.20 Å². The van der Waals surface area contributed by atoms with Crippen LogP contribution in [0, 0.1) is 6.92 Å². The first-order valence-corrected chi connectivity index (χ1v) is 6.36. The molecule has 0 radical (unpaired) electrons. The molecule has 0 aliphatic heterocycles. The summed E-state index contributed by atoms with van der Waals surface area (Å²) < 4.78 is 26.4. The van der Waals surface area contributed by atoms with E-state index in [1.807, 2.05) is 0 Å². The Labute approximate surface area is 98.9 Å². The first kappa shape index (κ1) is 11.5. The van der Waals surface area contributed by atoms with Crippen molar-refractivity contribution in [1.29, 1.82) is 0 Å². The zero-order valence-electron chi connectivity index (χ0n) is 9.14. The van der Waals surface area contributed by atoms with Crippen LogP contribution in [0.4, 0.5) is 11.4 Å². The van der Waals surface area contributed by atoms with Crippen LogP contribution in [0.3, 0.4) is 0 Å². The quantitative estimate of drug-likeness (QED) is 0.712. The van der Waals surface area contributed by atoms with E-state index in [-0.39, 0.29) is 4.90 Å². The smallest absolute Gasteiger partial charge is 0.265 e. The van der Waals surface area contributed by atoms with E-state index in [2.05, 4.69) is 14.9 Å². The van der Waals surface area contributed by atoms with Crippen LogP contribution in [0.1, 0.15) is 5.69 Å². The topological polar surface area (TPSA) is 101 Å². The van der Waals surface area contributed by atoms with Gasteiger partial charge in [-0.1, -0.05) is 12.1 Å². The molecule has 0 aliphatic carbocycles. The van der Waals surface area contributed by atoms with Crippen molar-refractivity contribution in [3.05, 3.63) is 36.2 Å². The molecule has 0 saturated carbocycles. The molecule has 2 rings (SSSR count). The molecular weight excluding hydrogens is 240 g/mol. The van der Waals surface area contributed by atoms with Crippen molar-refractivity contribution < 1.29 is 8.42 Å². The second-order valence-corrected chi connectivity index (χ2v) is 5.20. The van der Waals surface area contributed by atoms with Crippen molar-refractivity contribution in [2.24, 2.45) is 0 Å². The fourth-order valence-electron chi connectivity index (χ4n) is 1.40. The highest BCUT2D eigenvalue weighted by molar-refractivity contribution is 7.92. The molecule has 1 aromatic carbocycles. The van der Waals surface area contributed by atoms with Gasteiger partial charge in [0.15, 0.2) is 0 Å². The minimum absolute atomic E-state index is 0.112. The van der Waals surface area contributed by atoms with Crippen molar-refractivity contribution >= 4 is 21.4 Å². The fraction of sp³-hybridized carbons (Fsp3) is 0.100. The number of nitrogen functional groups attached to an aromatic ring is 1. The van der Waals surface area contributed by atoms with E-state index in [9.17, 15) is 8.42 Å². The number of nitrogens with zero attached hydrogens (tertiary/aromatic N) is 1. The Balaban J connectivity index is 2.37. The third-order valence-corrected chi connectivity index (χ3v) is 3.76. The third kappa shape index (κ3) is 2.23. The number of aryl methyl sites for hydroxylation is 1. The van der Waals surface area contributed by atoms with Gasteiger partial charge in [-0.2, -0.15) is 5.10 Å². The summed E-state index contributed by atoms with van der Waals surface area (Å²) in [4.78, 5) is 0.112. The number of rotatable bonds is 3. The highest BCUT2D eigenvalue weighted by Crippen LogP contribution is 2.22. The largest absolute Gasteiger partial charge is 0.397 e. The van der Waals surface area contributed by atoms with Crippen LogP contribution in [0.25, 0.3) is 0 Å². The lowest BCUT2D eigenvalue weighted by atomic mass is 10.3. The monoisotopic (exact) mass is 252 g/mol. The molecule has 0 amide bonds. The maximum absolute atomic E-state index is 12.0. The van der Waals surface area contributed by atoms with Crippen LogP contribution >= 0.6 is 0 Å². The van der Waals surface area contributed by atoms with Gasteiger partial charge < -0.3 is 5.73 Å². The van der Waals surface area contributed by atoms with Gasteiger partial charge in [-0.15, -0.1) is 0 Å². The number of aromatic nitrogens is 2. The number of anilines is 2. The van der Waals surface area contributed by atoms with Crippen LogP contribution in [0.2, 0.25) is 0 Å². The molecule has 6 nitrogen and oxygen atoms in total. The number of hydrogen-bond acceptors (Lipinski definition) is 4. The normalized spacial score (nSPS) is 11.4. The van der Waals surface area contributed by atoms with Crippen LogP contribution in [-0.4, -0.2) is 18.6 Å². The number of para-hydroxylation sites is 2. The van der Waals surface area contributed by atoms with E-state index >= 15 is 0 Å². The Bertz CT molecular complexity index is 633. The van der Waals surface area contributed by atoms with Crippen molar-refractivity contribution in [3.63, 3.8) is 0 Å². The molecule has 0 bridgehead atoms. The molecule has 1 aromatic heterocycles. The number of benzene rings is 1. The molecule has 7 heteroatoms. The summed E-state index contributed by atoms with van der Waals surface area (Å²) in [5.74, 6) is 0. The van der Waals surface area contributed by atoms with Gasteiger partial charge >= 0.3 is 0 Å². The number of nitrogens with two attached hydrogens (primary N) is 1. The number of sulfonamides is 1. The Morgan fingerprint density at radius 1 is 1.35 bits per heavy atom. The maximum Gasteiger partial charge on any atom is 0.265 e. The average Bonchev–Trinajstić information content (AvgIpc) is 2.68. The zero-order chi connectivity index (χ0) is 12.5. The van der Waals surface area contributed by atoms with Crippen molar-refractivity contribution in [3.8, 4) is 0 Å². The van der Waals surface area contributed by atoms with Gasteiger partial charge in [0.25, 0.3) is 10.0 Å². The molecule has 90 valence electrons. The summed E-state index contributed by atoms with van der Waals surface area (Å²) in [6.45, 7) is 1.63. The Morgan fingerprint density at radius 2 is 2.06 bits per heavy atom. The first-order valence-electron chi connectivity index (χ1n) is 4.88. The average molecular weight is 252 g/mol. The Kier molecular flexibility index (Phi) is 2.76. The number of H-pyrrole nitrogens is 1. The standard InChI is InChI=1S/C10H12N4O2S/c1-7-10(6-12-13-7)17(15,16)14-9-5-3-2-4-8(9)11/h2-6,14H,11H2,1H3,(H,12,13). The van der Waals surface area contributed by atoms with E-state index < -0.39 is 10.0 Å². The van der Waals surface area contributed by atoms with Gasteiger partial charge in [-0.05, 0) is 19.1 Å². The zero-order valence-corrected chi connectivity index (χ0v) is 9.95. The molecular formula is C10H12N4O2S. The fourth-order valence-corrected chi connectivity index (χ4v) is 2.63. The highest BCUT2D eigenvalue weighted by Gasteiger charge is 2.19. The summed E-state index contributed by atoms with van der Waals surface area (Å²) in [5, 5.41) is 6.25. The van der Waals surface area contributed by atoms with E-state index in [0.717, 1.165) is 0 Å². The summed E-state index contributed by atoms with van der Waals surface area (Å²) in [6, 6.07) is 6.66. The number of aromatic amines is 1. The minimum Gasteiger partial charge on any atom is -0.397 e. The highest BCUT2D eigenvalue weighted by atomic mass is 32.2. The SMILES string of the molecule is Cc1[nH]ncc1S(=O)(=O)Nc1ccccc1N. The molecule has 0 saturated heterocycles. The molecule has 0 aliphatic rings. The predicted molar refractivity (Wildman–Crippen MR) is 65.0 cm³/mol. The van der Waals surface area contributed by atoms with Crippen molar-refractivity contribution in [1.82, 2.24) is 10.2 Å². The summed E-state index contributed by atoms with van der Waals surface area (Å²) in [7, 11) is -3.65. The lowest BCUT2D eigenvalue weighted by Crippen LogP contribution is -2.14. The predicted octanol–water partition coefficient (Wildman–Crippen LogP) is 1.10. The number of nitrogens with one attached hydrogen (secondary N) is 2. The summed E-state index contributed by atoms with van der Waals surface area (Å²) in [6.07, 6.45) is 1.26. The number of hydrogen-bond donors (Lipinski definition) is 3. The van der Waals surface area contributed by atoms with Crippen LogP contribution in [0.5, 0.6) is 0 Å². The van der Waals surface area contributed by atoms with Gasteiger partial charge in [-0.3, -0.25) is 9.82 Å². The Morgan fingerprint density at radius 3 is 2.65 bits per heavy atom. The molecule has 2 aromatic rings. The maximum atomic E-state index is 12.0. The summed E-state index contributed by atoms with van der Waals surface area (Å²) in [5.41, 5.74) is 6.87. The summed E-state index contributed by atoms with van der Waals surface area (Å²) >= 11 is 0. The molecule has 0 spiro atoms. The van der Waals surface area contributed by atoms with E-state index in [0.29, 0.717) is 17.1 Å². The molecule has 0 unspecified atom stereocenters. The van der Waals surface area contributed by atoms with Gasteiger partial charge in [0, 0.05) is 0 Å². The first-order chi connectivity index (χ1) is 8.00. The van der Waals surface area contributed by atoms with Crippen LogP contribution < -0.4 is 10.5 Å². The van der Waals surface area contributed by atoms with Gasteiger partial charge in [0.2, 0.25) is 0 Å². The molecule has 4 N–H and O–H groups in total. The minimum atomic E-state index is -3.65. The lowest BCUT2D eigenvalue weighted by Gasteiger charge is -2.09. The lowest BCUT2D eigenvalue weighted by molar-refractivity contribution is 0.600. The van der Waals surface area contributed by atoms with Crippen molar-refractivity contribution in [2.45, 2.75) is 11.8 Å². The van der Waals surface area contributed by atoms with Crippen LogP contribution in [-0.2, 0) is 10.0 Å². The Hall–Kier alpha value is -2.02. The van der Waals surface area contributed by atoms with Gasteiger partial charge in [0.05, 0.1) is 23.3 Å². The molecule has 0 atom stereocenters. The third-order valence-electron chi connectivity index (χ3n) is 2.28. The molecule has 0 fully saturated rings. The second-order valence-electron chi connectivity index (χ2n) is 3.55. The van der Waals surface area contributed by atoms with E-state index in [4.69, 9.17) is 5.73 Å². The molecule has 17 heavy (non-hydrogen) atoms. The van der Waals surface area contributed by atoms with E-state index in [1.54, 1.807) is 31.2 Å².